The molecule has 1 heterocycles. The molecule has 0 saturated carbocycles. The molecule has 3 aromatic rings. The van der Waals surface area contributed by atoms with Crippen LogP contribution < -0.4 is 0 Å². The molecule has 0 amide bonds. The van der Waals surface area contributed by atoms with Gasteiger partial charge in [0.05, 0.1) is 5.69 Å². The second kappa shape index (κ2) is 3.90. The van der Waals surface area contributed by atoms with Gasteiger partial charge in [0, 0.05) is 24.3 Å². The van der Waals surface area contributed by atoms with E-state index in [9.17, 15) is 0 Å². The molecule has 1 unspecified atom stereocenters. The van der Waals surface area contributed by atoms with E-state index in [4.69, 9.17) is 4.74 Å². The van der Waals surface area contributed by atoms with Crippen molar-refractivity contribution in [1.82, 2.24) is 4.98 Å². The summed E-state index contributed by atoms with van der Waals surface area (Å²) >= 11 is 0. The highest BCUT2D eigenvalue weighted by Crippen LogP contribution is 2.47. The normalized spacial score (nSPS) is 19.9. The number of rotatable bonds is 1. The Hall–Kier alpha value is -2.19. The monoisotopic (exact) mass is 261 g/mol. The number of hydrogen-bond acceptors (Lipinski definition) is 2. The van der Waals surface area contributed by atoms with E-state index in [1.54, 1.807) is 7.11 Å². The fraction of sp³-hybridized carbons (Fsp3) is 0.167. The fourth-order valence-electron chi connectivity index (χ4n) is 3.30. The Kier molecular flexibility index (Phi) is 2.27. The molecule has 1 aromatic heterocycles. The predicted octanol–water partition coefficient (Wildman–Crippen LogP) is 4.13. The molecule has 0 N–H and O–H groups in total. The van der Waals surface area contributed by atoms with Crippen molar-refractivity contribution in [2.75, 3.05) is 7.11 Å². The van der Waals surface area contributed by atoms with Gasteiger partial charge in [0.2, 0.25) is 0 Å². The molecule has 2 aromatic carbocycles. The minimum absolute atomic E-state index is 0.424. The summed E-state index contributed by atoms with van der Waals surface area (Å²) in [5.74, 6) is 0. The van der Waals surface area contributed by atoms with Crippen molar-refractivity contribution in [3.63, 3.8) is 0 Å². The number of methoxy groups -OCH3 is 1. The SMILES string of the molecule is COC1(C)c2ccccc2-c2nccc3cccc1c23. The maximum Gasteiger partial charge on any atom is 0.116 e. The summed E-state index contributed by atoms with van der Waals surface area (Å²) < 4.78 is 5.92. The average molecular weight is 261 g/mol. The zero-order valence-electron chi connectivity index (χ0n) is 11.6. The lowest BCUT2D eigenvalue weighted by atomic mass is 9.76. The zero-order valence-corrected chi connectivity index (χ0v) is 11.6. The highest BCUT2D eigenvalue weighted by molar-refractivity contribution is 6.01. The molecule has 1 atom stereocenters. The molecule has 0 fully saturated rings. The minimum atomic E-state index is -0.424. The Balaban J connectivity index is 2.26. The second-order valence-electron chi connectivity index (χ2n) is 5.35. The number of nitrogens with zero attached hydrogens (tertiary/aromatic N) is 1. The van der Waals surface area contributed by atoms with E-state index >= 15 is 0 Å². The third-order valence-corrected chi connectivity index (χ3v) is 4.41. The highest BCUT2D eigenvalue weighted by atomic mass is 16.5. The Morgan fingerprint density at radius 3 is 2.60 bits per heavy atom. The van der Waals surface area contributed by atoms with Gasteiger partial charge in [-0.15, -0.1) is 0 Å². The molecule has 2 heteroatoms. The Bertz CT molecular complexity index is 819. The first-order valence-electron chi connectivity index (χ1n) is 6.79. The number of benzene rings is 2. The minimum Gasteiger partial charge on any atom is -0.369 e. The molecule has 0 spiro atoms. The van der Waals surface area contributed by atoms with Gasteiger partial charge in [0.15, 0.2) is 0 Å². The number of hydrogen-bond donors (Lipinski definition) is 0. The van der Waals surface area contributed by atoms with E-state index in [1.165, 1.54) is 27.5 Å². The van der Waals surface area contributed by atoms with Crippen LogP contribution in [0.1, 0.15) is 18.1 Å². The topological polar surface area (TPSA) is 22.1 Å². The summed E-state index contributed by atoms with van der Waals surface area (Å²) in [4.78, 5) is 4.62. The summed E-state index contributed by atoms with van der Waals surface area (Å²) in [6.07, 6.45) is 1.88. The van der Waals surface area contributed by atoms with E-state index < -0.39 is 5.60 Å². The molecule has 0 aliphatic heterocycles. The largest absolute Gasteiger partial charge is 0.369 e. The van der Waals surface area contributed by atoms with E-state index in [0.717, 1.165) is 5.69 Å². The van der Waals surface area contributed by atoms with Gasteiger partial charge < -0.3 is 4.74 Å². The molecule has 0 radical (unpaired) electrons. The van der Waals surface area contributed by atoms with Crippen molar-refractivity contribution in [2.45, 2.75) is 12.5 Å². The molecular weight excluding hydrogens is 246 g/mol. The van der Waals surface area contributed by atoms with Gasteiger partial charge in [0.25, 0.3) is 0 Å². The van der Waals surface area contributed by atoms with Gasteiger partial charge in [-0.3, -0.25) is 4.98 Å². The van der Waals surface area contributed by atoms with Gasteiger partial charge in [0.1, 0.15) is 5.60 Å². The van der Waals surface area contributed by atoms with Gasteiger partial charge >= 0.3 is 0 Å². The Morgan fingerprint density at radius 1 is 0.950 bits per heavy atom. The molecule has 2 nitrogen and oxygen atoms in total. The lowest BCUT2D eigenvalue weighted by molar-refractivity contribution is 0.0402. The van der Waals surface area contributed by atoms with Crippen LogP contribution in [0.2, 0.25) is 0 Å². The van der Waals surface area contributed by atoms with Crippen LogP contribution in [0.25, 0.3) is 22.0 Å². The fourth-order valence-corrected chi connectivity index (χ4v) is 3.30. The van der Waals surface area contributed by atoms with Crippen molar-refractivity contribution < 1.29 is 4.74 Å². The number of aromatic nitrogens is 1. The van der Waals surface area contributed by atoms with Crippen molar-refractivity contribution >= 4 is 10.8 Å². The van der Waals surface area contributed by atoms with E-state index in [-0.39, 0.29) is 0 Å². The van der Waals surface area contributed by atoms with Crippen molar-refractivity contribution in [1.29, 1.82) is 0 Å². The average Bonchev–Trinajstić information content (AvgIpc) is 2.52. The van der Waals surface area contributed by atoms with Crippen LogP contribution in [0.3, 0.4) is 0 Å². The lowest BCUT2D eigenvalue weighted by Gasteiger charge is -2.36. The van der Waals surface area contributed by atoms with Crippen LogP contribution in [0, 0.1) is 0 Å². The van der Waals surface area contributed by atoms with Gasteiger partial charge in [-0.1, -0.05) is 42.5 Å². The summed E-state index contributed by atoms with van der Waals surface area (Å²) in [6, 6.07) is 16.8. The first-order chi connectivity index (χ1) is 9.75. The lowest BCUT2D eigenvalue weighted by Crippen LogP contribution is -2.29. The summed E-state index contributed by atoms with van der Waals surface area (Å²) in [5.41, 5.74) is 4.18. The predicted molar refractivity (Wildman–Crippen MR) is 80.6 cm³/mol. The first kappa shape index (κ1) is 11.6. The third-order valence-electron chi connectivity index (χ3n) is 4.41. The molecule has 1 aliphatic carbocycles. The van der Waals surface area contributed by atoms with E-state index in [1.807, 2.05) is 6.20 Å². The third kappa shape index (κ3) is 1.29. The molecule has 20 heavy (non-hydrogen) atoms. The Labute approximate surface area is 118 Å². The van der Waals surface area contributed by atoms with Gasteiger partial charge in [-0.05, 0) is 29.5 Å². The van der Waals surface area contributed by atoms with Gasteiger partial charge in [-0.25, -0.2) is 0 Å². The smallest absolute Gasteiger partial charge is 0.116 e. The van der Waals surface area contributed by atoms with Crippen LogP contribution >= 0.6 is 0 Å². The zero-order chi connectivity index (χ0) is 13.7. The summed E-state index contributed by atoms with van der Waals surface area (Å²) in [5, 5.41) is 2.42. The highest BCUT2D eigenvalue weighted by Gasteiger charge is 2.37. The van der Waals surface area contributed by atoms with Crippen molar-refractivity contribution in [3.05, 3.63) is 65.9 Å². The summed E-state index contributed by atoms with van der Waals surface area (Å²) in [7, 11) is 1.77. The first-order valence-corrected chi connectivity index (χ1v) is 6.79. The van der Waals surface area contributed by atoms with Crippen LogP contribution in [-0.4, -0.2) is 12.1 Å². The number of ether oxygens (including phenoxy) is 1. The van der Waals surface area contributed by atoms with E-state index in [0.29, 0.717) is 0 Å². The second-order valence-corrected chi connectivity index (χ2v) is 5.35. The van der Waals surface area contributed by atoms with E-state index in [2.05, 4.69) is 60.4 Å². The number of pyridine rings is 1. The molecular formula is C18H15NO. The molecule has 1 aliphatic rings. The van der Waals surface area contributed by atoms with Crippen molar-refractivity contribution in [3.8, 4) is 11.3 Å². The molecule has 0 saturated heterocycles. The molecule has 4 rings (SSSR count). The standard InChI is InChI=1S/C18H15NO/c1-18(20-2)14-8-4-3-7-13(14)17-16-12(10-11-19-17)6-5-9-15(16)18/h3-11H,1-2H3. The van der Waals surface area contributed by atoms with Crippen LogP contribution in [0.4, 0.5) is 0 Å². The molecule has 0 bridgehead atoms. The quantitative estimate of drug-likeness (QED) is 0.657. The van der Waals surface area contributed by atoms with Crippen LogP contribution in [-0.2, 0) is 10.3 Å². The van der Waals surface area contributed by atoms with Crippen molar-refractivity contribution in [2.24, 2.45) is 0 Å². The maximum atomic E-state index is 5.92. The number of fused-ring (bicyclic) bond motifs is 2. The Morgan fingerprint density at radius 2 is 1.75 bits per heavy atom. The maximum absolute atomic E-state index is 5.92. The van der Waals surface area contributed by atoms with Gasteiger partial charge in [-0.2, -0.15) is 0 Å². The summed E-state index contributed by atoms with van der Waals surface area (Å²) in [6.45, 7) is 2.14. The van der Waals surface area contributed by atoms with Crippen LogP contribution in [0.15, 0.2) is 54.7 Å². The molecule has 98 valence electrons. The van der Waals surface area contributed by atoms with Crippen LogP contribution in [0.5, 0.6) is 0 Å².